The molecule has 55 heavy (non-hydrogen) atoms. The minimum Gasteiger partial charge on any atom is -0.338 e. The summed E-state index contributed by atoms with van der Waals surface area (Å²) in [7, 11) is 0. The van der Waals surface area contributed by atoms with Crippen molar-refractivity contribution in [3.05, 3.63) is 179 Å². The van der Waals surface area contributed by atoms with Gasteiger partial charge in [0.2, 0.25) is 0 Å². The summed E-state index contributed by atoms with van der Waals surface area (Å²) in [4.78, 5) is 51.1. The lowest BCUT2D eigenvalue weighted by Gasteiger charge is -2.38. The van der Waals surface area contributed by atoms with Gasteiger partial charge in [-0.1, -0.05) is 97.1 Å². The second-order valence-corrected chi connectivity index (χ2v) is 13.6. The molecule has 0 amide bonds. The Balaban J connectivity index is 1.61. The molecule has 1 N–H and O–H groups in total. The zero-order chi connectivity index (χ0) is 39.9. The summed E-state index contributed by atoms with van der Waals surface area (Å²) in [6, 6.07) is 23.1. The quantitative estimate of drug-likeness (QED) is 0.0228. The van der Waals surface area contributed by atoms with E-state index in [4.69, 9.17) is 9.68 Å². The van der Waals surface area contributed by atoms with E-state index < -0.39 is 11.9 Å². The van der Waals surface area contributed by atoms with E-state index in [0.717, 1.165) is 40.2 Å². The van der Waals surface area contributed by atoms with Gasteiger partial charge in [-0.3, -0.25) is 4.79 Å². The van der Waals surface area contributed by atoms with Gasteiger partial charge in [0.15, 0.2) is 5.78 Å². The Kier molecular flexibility index (Phi) is 15.3. The third kappa shape index (κ3) is 11.6. The van der Waals surface area contributed by atoms with Crippen LogP contribution in [0.4, 0.5) is 11.4 Å². The molecule has 1 aliphatic rings. The smallest absolute Gasteiger partial charge is 0.338 e. The predicted octanol–water partition coefficient (Wildman–Crippen LogP) is 10.5. The summed E-state index contributed by atoms with van der Waals surface area (Å²) in [6.45, 7) is 18.9. The number of hydroxylamine groups is 1. The summed E-state index contributed by atoms with van der Waals surface area (Å²) < 4.78 is 0. The summed E-state index contributed by atoms with van der Waals surface area (Å²) in [5, 5.41) is 4.11. The molecule has 3 aromatic rings. The average Bonchev–Trinajstić information content (AvgIpc) is 3.19. The van der Waals surface area contributed by atoms with E-state index in [-0.39, 0.29) is 23.3 Å². The molecule has 3 aromatic carbocycles. The number of carbonyl (C=O) groups excluding carboxylic acids is 3. The van der Waals surface area contributed by atoms with Gasteiger partial charge in [0, 0.05) is 33.8 Å². The molecule has 284 valence electrons. The van der Waals surface area contributed by atoms with E-state index in [1.807, 2.05) is 112 Å². The number of aryl methyl sites for hydroxylation is 1. The normalized spacial score (nSPS) is 16.8. The first-order chi connectivity index (χ1) is 26.4. The van der Waals surface area contributed by atoms with Crippen LogP contribution in [0.5, 0.6) is 0 Å². The fourth-order valence-corrected chi connectivity index (χ4v) is 5.98. The van der Waals surface area contributed by atoms with Gasteiger partial charge in [-0.2, -0.15) is 0 Å². The van der Waals surface area contributed by atoms with Crippen LogP contribution in [0.2, 0.25) is 0 Å². The Morgan fingerprint density at radius 3 is 2.20 bits per heavy atom. The van der Waals surface area contributed by atoms with Gasteiger partial charge in [0.1, 0.15) is 0 Å². The van der Waals surface area contributed by atoms with Crippen LogP contribution in [-0.2, 0) is 19.3 Å². The molecule has 2 unspecified atom stereocenters. The third-order valence-corrected chi connectivity index (χ3v) is 9.22. The highest BCUT2D eigenvalue weighted by atomic mass is 16.7. The maximum Gasteiger partial charge on any atom is 0.362 e. The number of benzene rings is 3. The van der Waals surface area contributed by atoms with Crippen molar-refractivity contribution in [3.63, 3.8) is 0 Å². The highest BCUT2D eigenvalue weighted by Crippen LogP contribution is 2.37. The largest absolute Gasteiger partial charge is 0.362 e. The molecule has 0 aromatic heterocycles. The van der Waals surface area contributed by atoms with E-state index in [2.05, 4.69) is 47.8 Å². The summed E-state index contributed by atoms with van der Waals surface area (Å²) >= 11 is 0. The lowest BCUT2D eigenvalue weighted by atomic mass is 9.85. The number of hydrogen-bond acceptors (Lipinski definition) is 8. The SMILES string of the molecule is C=CCCC=C(C)C(=O)ON=C(C)c1ccc(N(c2ccc(C(=O)c3cccc(C)c3)cc2)C2C=C/C(=C(\C)NOC(=O)C(=C)C=CC=CC)CC2C)cc1. The van der Waals surface area contributed by atoms with Crippen molar-refractivity contribution in [1.29, 1.82) is 0 Å². The number of ketones is 1. The first-order valence-electron chi connectivity index (χ1n) is 18.4. The summed E-state index contributed by atoms with van der Waals surface area (Å²) in [6.07, 6.45) is 17.0. The zero-order valence-corrected chi connectivity index (χ0v) is 32.7. The van der Waals surface area contributed by atoms with Crippen LogP contribution in [0.25, 0.3) is 0 Å². The minimum absolute atomic E-state index is 0.0363. The van der Waals surface area contributed by atoms with Crippen LogP contribution in [0.3, 0.4) is 0 Å². The van der Waals surface area contributed by atoms with Crippen molar-refractivity contribution in [2.75, 3.05) is 4.90 Å². The minimum atomic E-state index is -0.560. The molecule has 0 saturated carbocycles. The fraction of sp³-hybridized carbons (Fsp3) is 0.234. The fourth-order valence-electron chi connectivity index (χ4n) is 5.98. The van der Waals surface area contributed by atoms with Gasteiger partial charge in [0.05, 0.1) is 17.3 Å². The number of anilines is 2. The zero-order valence-electron chi connectivity index (χ0n) is 32.7. The van der Waals surface area contributed by atoms with E-state index in [1.54, 1.807) is 32.1 Å². The highest BCUT2D eigenvalue weighted by Gasteiger charge is 2.28. The van der Waals surface area contributed by atoms with Crippen LogP contribution >= 0.6 is 0 Å². The Bertz CT molecular complexity index is 2060. The first-order valence-corrected chi connectivity index (χ1v) is 18.4. The monoisotopic (exact) mass is 737 g/mol. The molecule has 0 aliphatic heterocycles. The van der Waals surface area contributed by atoms with Gasteiger partial charge in [-0.15, -0.1) is 6.58 Å². The highest BCUT2D eigenvalue weighted by molar-refractivity contribution is 6.09. The average molecular weight is 738 g/mol. The second kappa shape index (κ2) is 20.3. The standard InChI is InChI=1S/C47H51N3O5/c1-9-11-13-17-33(4)46(52)54-48-36(7)38-20-25-42(26-21-38)50(43-27-22-39(23-28-43)45(51)41-19-15-16-32(3)30-41)44-29-24-40(31-35(44)6)37(8)49-55-47(53)34(5)18-14-12-10-2/h9-10,12,14-30,35,44,49H,1,5,11,13,31H2,2-4,6-8H3/b12-10?,18-14?,33-17?,40-37-,48-36?. The van der Waals surface area contributed by atoms with Crippen molar-refractivity contribution in [3.8, 4) is 0 Å². The number of oxime groups is 1. The maximum absolute atomic E-state index is 13.4. The van der Waals surface area contributed by atoms with Crippen LogP contribution in [0, 0.1) is 12.8 Å². The molecule has 8 heteroatoms. The molecule has 0 heterocycles. The molecule has 0 fully saturated rings. The van der Waals surface area contributed by atoms with E-state index in [0.29, 0.717) is 35.3 Å². The van der Waals surface area contributed by atoms with E-state index >= 15 is 0 Å². The van der Waals surface area contributed by atoms with E-state index in [9.17, 15) is 14.4 Å². The van der Waals surface area contributed by atoms with Crippen molar-refractivity contribution >= 4 is 34.8 Å². The molecule has 0 saturated heterocycles. The lowest BCUT2D eigenvalue weighted by Crippen LogP contribution is -2.37. The molecule has 0 bridgehead atoms. The number of nitrogens with one attached hydrogen (secondary N) is 1. The predicted molar refractivity (Wildman–Crippen MR) is 223 cm³/mol. The van der Waals surface area contributed by atoms with Gasteiger partial charge in [-0.05, 0) is 119 Å². The number of allylic oxidation sites excluding steroid dienone is 8. The second-order valence-electron chi connectivity index (χ2n) is 13.6. The number of hydrogen-bond donors (Lipinski definition) is 1. The van der Waals surface area contributed by atoms with Crippen molar-refractivity contribution in [2.45, 2.75) is 66.8 Å². The van der Waals surface area contributed by atoms with Crippen LogP contribution in [0.15, 0.2) is 162 Å². The Morgan fingerprint density at radius 2 is 1.58 bits per heavy atom. The Labute approximate surface area is 325 Å². The molecular formula is C47H51N3O5. The van der Waals surface area contributed by atoms with Gasteiger partial charge in [0.25, 0.3) is 0 Å². The van der Waals surface area contributed by atoms with Crippen LogP contribution in [-0.4, -0.2) is 29.5 Å². The molecule has 8 nitrogen and oxygen atoms in total. The molecule has 0 spiro atoms. The molecule has 2 atom stereocenters. The number of unbranched alkanes of at least 4 members (excludes halogenated alkanes) is 1. The van der Waals surface area contributed by atoms with Crippen LogP contribution < -0.4 is 10.4 Å². The molecule has 0 radical (unpaired) electrons. The lowest BCUT2D eigenvalue weighted by molar-refractivity contribution is -0.144. The van der Waals surface area contributed by atoms with Crippen molar-refractivity contribution < 1.29 is 24.1 Å². The van der Waals surface area contributed by atoms with Gasteiger partial charge >= 0.3 is 11.9 Å². The number of carbonyl (C=O) groups is 3. The molecular weight excluding hydrogens is 687 g/mol. The molecule has 1 aliphatic carbocycles. The van der Waals surface area contributed by atoms with Crippen molar-refractivity contribution in [1.82, 2.24) is 5.48 Å². The summed E-state index contributed by atoms with van der Waals surface area (Å²) in [5.74, 6) is -0.959. The van der Waals surface area contributed by atoms with Gasteiger partial charge in [-0.25, -0.2) is 15.1 Å². The number of rotatable bonds is 16. The van der Waals surface area contributed by atoms with Crippen molar-refractivity contribution in [2.24, 2.45) is 11.1 Å². The summed E-state index contributed by atoms with van der Waals surface area (Å²) in [5.41, 5.74) is 10.7. The van der Waals surface area contributed by atoms with Crippen LogP contribution in [0.1, 0.15) is 80.9 Å². The maximum atomic E-state index is 13.4. The third-order valence-electron chi connectivity index (χ3n) is 9.22. The number of nitrogens with zero attached hydrogens (tertiary/aromatic N) is 2. The topological polar surface area (TPSA) is 97.3 Å². The van der Waals surface area contributed by atoms with E-state index in [1.165, 1.54) is 0 Å². The molecule has 4 rings (SSSR count). The first kappa shape index (κ1) is 41.5. The van der Waals surface area contributed by atoms with Gasteiger partial charge < -0.3 is 14.6 Å². The Hall–Kier alpha value is -6.28. The Morgan fingerprint density at radius 1 is 0.909 bits per heavy atom.